The van der Waals surface area contributed by atoms with E-state index in [-0.39, 0.29) is 0 Å². The van der Waals surface area contributed by atoms with Gasteiger partial charge < -0.3 is 9.47 Å². The Morgan fingerprint density at radius 3 is 1.12 bits per heavy atom. The molecule has 2 rings (SSSR count). The van der Waals surface area contributed by atoms with Gasteiger partial charge in [0.25, 0.3) is 0 Å². The van der Waals surface area contributed by atoms with Crippen molar-refractivity contribution in [1.82, 2.24) is 0 Å². The van der Waals surface area contributed by atoms with Crippen LogP contribution in [-0.4, -0.2) is 37.9 Å². The van der Waals surface area contributed by atoms with Gasteiger partial charge in [0.2, 0.25) is 0 Å². The van der Waals surface area contributed by atoms with Crippen LogP contribution in [0.5, 0.6) is 0 Å². The normalized spacial score (nSPS) is 11.5. The first-order chi connectivity index (χ1) is 19.9. The molecule has 0 aliphatic carbocycles. The molecule has 0 aliphatic heterocycles. The van der Waals surface area contributed by atoms with E-state index in [9.17, 15) is 0 Å². The van der Waals surface area contributed by atoms with Crippen molar-refractivity contribution in [1.29, 1.82) is 0 Å². The highest BCUT2D eigenvalue weighted by Crippen LogP contribution is 2.25. The van der Waals surface area contributed by atoms with E-state index in [0.29, 0.717) is 0 Å². The van der Waals surface area contributed by atoms with Crippen LogP contribution in [0.4, 0.5) is 0 Å². The molecule has 0 N–H and O–H groups in total. The Morgan fingerprint density at radius 2 is 0.775 bits per heavy atom. The van der Waals surface area contributed by atoms with Crippen molar-refractivity contribution in [2.75, 3.05) is 37.9 Å². The van der Waals surface area contributed by atoms with Gasteiger partial charge in [0, 0.05) is 24.7 Å². The lowest BCUT2D eigenvalue weighted by Gasteiger charge is -2.05. The summed E-state index contributed by atoms with van der Waals surface area (Å²) in [7, 11) is 4.23. The first kappa shape index (κ1) is 36.2. The molecular formula is C34H58O2S4. The zero-order chi connectivity index (χ0) is 28.0. The minimum Gasteiger partial charge on any atom is -0.381 e. The molecule has 2 aromatic heterocycles. The summed E-state index contributed by atoms with van der Waals surface area (Å²) in [6.45, 7) is 3.63. The fourth-order valence-corrected chi connectivity index (χ4v) is 8.48. The molecular weight excluding hydrogens is 569 g/mol. The van der Waals surface area contributed by atoms with Gasteiger partial charge in [-0.25, -0.2) is 0 Å². The highest BCUT2D eigenvalue weighted by molar-refractivity contribution is 8.76. The van der Waals surface area contributed by atoms with E-state index < -0.39 is 0 Å². The quantitative estimate of drug-likeness (QED) is 0.0612. The first-order valence-corrected chi connectivity index (χ1v) is 20.7. The molecule has 0 aromatic carbocycles. The van der Waals surface area contributed by atoms with E-state index in [0.717, 1.165) is 39.3 Å². The highest BCUT2D eigenvalue weighted by atomic mass is 33.1. The van der Waals surface area contributed by atoms with Gasteiger partial charge in [0.1, 0.15) is 0 Å². The Labute approximate surface area is 263 Å². The maximum atomic E-state index is 5.77. The summed E-state index contributed by atoms with van der Waals surface area (Å²) < 4.78 is 11.5. The number of thiophene rings is 2. The number of rotatable bonds is 31. The van der Waals surface area contributed by atoms with Crippen LogP contribution < -0.4 is 0 Å². The van der Waals surface area contributed by atoms with Crippen molar-refractivity contribution < 1.29 is 9.47 Å². The van der Waals surface area contributed by atoms with E-state index in [1.807, 2.05) is 0 Å². The molecule has 2 heterocycles. The predicted octanol–water partition coefficient (Wildman–Crippen LogP) is 12.0. The van der Waals surface area contributed by atoms with Gasteiger partial charge >= 0.3 is 0 Å². The third-order valence-electron chi connectivity index (χ3n) is 7.35. The standard InChI is InChI=1S/C34H58O2S4/c1(3-7-11-15-23-35-25-19-33-21-29-37-31-33)5-9-13-17-27-39-40-28-18-14-10-6-2-4-8-12-16-24-36-26-20-34-22-30-38-32-34/h21-22,29-32H,1-20,23-28H2. The van der Waals surface area contributed by atoms with Crippen LogP contribution in [0.15, 0.2) is 33.7 Å². The Hall–Kier alpha value is 0.0200. The third-order valence-corrected chi connectivity index (χ3v) is 11.4. The maximum absolute atomic E-state index is 5.77. The summed E-state index contributed by atoms with van der Waals surface area (Å²) in [5, 5.41) is 8.74. The highest BCUT2D eigenvalue weighted by Gasteiger charge is 1.98. The molecule has 0 saturated heterocycles. The van der Waals surface area contributed by atoms with Crippen LogP contribution in [0.25, 0.3) is 0 Å². The molecule has 0 aliphatic rings. The molecule has 0 fully saturated rings. The van der Waals surface area contributed by atoms with Gasteiger partial charge in [0.15, 0.2) is 0 Å². The Morgan fingerprint density at radius 1 is 0.425 bits per heavy atom. The van der Waals surface area contributed by atoms with Gasteiger partial charge in [-0.1, -0.05) is 111 Å². The molecule has 0 saturated carbocycles. The van der Waals surface area contributed by atoms with E-state index in [4.69, 9.17) is 9.47 Å². The zero-order valence-electron chi connectivity index (χ0n) is 25.3. The van der Waals surface area contributed by atoms with Gasteiger partial charge in [-0.15, -0.1) is 0 Å². The SMILES string of the molecule is c1cc(CCOCCCCCCCCCCCSSCCCCCCCCCCCOCCc2ccsc2)cs1. The predicted molar refractivity (Wildman–Crippen MR) is 186 cm³/mol. The van der Waals surface area contributed by atoms with Crippen molar-refractivity contribution in [3.8, 4) is 0 Å². The van der Waals surface area contributed by atoms with Gasteiger partial charge in [-0.3, -0.25) is 0 Å². The van der Waals surface area contributed by atoms with E-state index in [1.54, 1.807) is 22.7 Å². The van der Waals surface area contributed by atoms with Crippen LogP contribution in [0.1, 0.15) is 127 Å². The molecule has 0 spiro atoms. The summed E-state index contributed by atoms with van der Waals surface area (Å²) in [6.07, 6.45) is 27.1. The van der Waals surface area contributed by atoms with Crippen molar-refractivity contribution in [3.05, 3.63) is 44.8 Å². The van der Waals surface area contributed by atoms with E-state index in [1.165, 1.54) is 138 Å². The van der Waals surface area contributed by atoms with Gasteiger partial charge in [0.05, 0.1) is 13.2 Å². The van der Waals surface area contributed by atoms with Crippen molar-refractivity contribution >= 4 is 44.3 Å². The number of hydrogen-bond acceptors (Lipinski definition) is 6. The zero-order valence-corrected chi connectivity index (χ0v) is 28.6. The number of unbranched alkanes of at least 4 members (excludes halogenated alkanes) is 16. The second kappa shape index (κ2) is 29.1. The Balaban J connectivity index is 1.13. The Bertz CT molecular complexity index is 658. The fourth-order valence-electron chi connectivity index (χ4n) is 4.78. The van der Waals surface area contributed by atoms with Crippen molar-refractivity contribution in [2.45, 2.75) is 128 Å². The smallest absolute Gasteiger partial charge is 0.0506 e. The molecule has 6 heteroatoms. The lowest BCUT2D eigenvalue weighted by molar-refractivity contribution is 0.132. The fraction of sp³-hybridized carbons (Fsp3) is 0.765. The lowest BCUT2D eigenvalue weighted by atomic mass is 10.1. The molecule has 230 valence electrons. The minimum absolute atomic E-state index is 0.878. The lowest BCUT2D eigenvalue weighted by Crippen LogP contribution is -1.99. The van der Waals surface area contributed by atoms with Gasteiger partial charge in [-0.05, 0) is 83.3 Å². The number of hydrogen-bond donors (Lipinski definition) is 0. The molecule has 0 atom stereocenters. The second-order valence-electron chi connectivity index (χ2n) is 11.0. The largest absolute Gasteiger partial charge is 0.381 e. The third kappa shape index (κ3) is 23.6. The molecule has 40 heavy (non-hydrogen) atoms. The monoisotopic (exact) mass is 626 g/mol. The van der Waals surface area contributed by atoms with E-state index in [2.05, 4.69) is 55.2 Å². The molecule has 0 radical (unpaired) electrons. The van der Waals surface area contributed by atoms with Crippen molar-refractivity contribution in [2.24, 2.45) is 0 Å². The summed E-state index contributed by atoms with van der Waals surface area (Å²) in [5.74, 6) is 2.69. The molecule has 0 bridgehead atoms. The molecule has 2 aromatic rings. The molecule has 0 amide bonds. The average Bonchev–Trinajstić information content (AvgIpc) is 3.69. The first-order valence-electron chi connectivity index (χ1n) is 16.4. The minimum atomic E-state index is 0.878. The summed E-state index contributed by atoms with van der Waals surface area (Å²) in [5.41, 5.74) is 2.83. The summed E-state index contributed by atoms with van der Waals surface area (Å²) >= 11 is 3.55. The van der Waals surface area contributed by atoms with Crippen LogP contribution in [0, 0.1) is 0 Å². The van der Waals surface area contributed by atoms with Crippen LogP contribution in [0.3, 0.4) is 0 Å². The molecule has 0 unspecified atom stereocenters. The Kier molecular flexibility index (Phi) is 26.4. The molecule has 2 nitrogen and oxygen atoms in total. The second-order valence-corrected chi connectivity index (χ2v) is 15.3. The summed E-state index contributed by atoms with van der Waals surface area (Å²) in [6, 6.07) is 4.40. The van der Waals surface area contributed by atoms with Crippen molar-refractivity contribution in [3.63, 3.8) is 0 Å². The summed E-state index contributed by atoms with van der Waals surface area (Å²) in [4.78, 5) is 0. The average molecular weight is 627 g/mol. The maximum Gasteiger partial charge on any atom is 0.0506 e. The topological polar surface area (TPSA) is 18.5 Å². The van der Waals surface area contributed by atoms with Crippen LogP contribution >= 0.6 is 44.3 Å². The van der Waals surface area contributed by atoms with E-state index >= 15 is 0 Å². The van der Waals surface area contributed by atoms with Crippen LogP contribution in [0.2, 0.25) is 0 Å². The number of ether oxygens (including phenoxy) is 2. The van der Waals surface area contributed by atoms with Crippen LogP contribution in [-0.2, 0) is 22.3 Å². The van der Waals surface area contributed by atoms with Gasteiger partial charge in [-0.2, -0.15) is 22.7 Å².